The van der Waals surface area contributed by atoms with Crippen molar-refractivity contribution in [1.29, 1.82) is 0 Å². The van der Waals surface area contributed by atoms with Crippen LogP contribution in [0.15, 0.2) is 18.2 Å². The molecule has 0 radical (unpaired) electrons. The van der Waals surface area contributed by atoms with Crippen LogP contribution in [-0.4, -0.2) is 13.1 Å². The molecule has 1 aromatic rings. The Morgan fingerprint density at radius 2 is 2.07 bits per heavy atom. The van der Waals surface area contributed by atoms with Crippen LogP contribution in [0.4, 0.5) is 10.1 Å². The van der Waals surface area contributed by atoms with Crippen molar-refractivity contribution in [3.63, 3.8) is 0 Å². The van der Waals surface area contributed by atoms with Gasteiger partial charge in [-0.15, -0.1) is 0 Å². The van der Waals surface area contributed by atoms with E-state index in [1.807, 2.05) is 18.0 Å². The molecule has 0 saturated heterocycles. The van der Waals surface area contributed by atoms with E-state index in [0.717, 1.165) is 5.69 Å². The Labute approximate surface area is 84.5 Å². The van der Waals surface area contributed by atoms with Gasteiger partial charge in [0.05, 0.1) is 0 Å². The smallest absolute Gasteiger partial charge is 0.129 e. The third-order valence-electron chi connectivity index (χ3n) is 2.45. The van der Waals surface area contributed by atoms with E-state index in [0.29, 0.717) is 11.6 Å². The van der Waals surface area contributed by atoms with Gasteiger partial charge in [-0.2, -0.15) is 0 Å². The number of hydrogen-bond acceptors (Lipinski definition) is 2. The molecule has 2 N–H and O–H groups in total. The molecule has 0 aliphatic carbocycles. The number of rotatable bonds is 3. The van der Waals surface area contributed by atoms with Gasteiger partial charge in [0.25, 0.3) is 0 Å². The first kappa shape index (κ1) is 11.0. The lowest BCUT2D eigenvalue weighted by molar-refractivity contribution is 0.608. The summed E-state index contributed by atoms with van der Waals surface area (Å²) >= 11 is 0. The molecule has 0 spiro atoms. The summed E-state index contributed by atoms with van der Waals surface area (Å²) in [5.74, 6) is -0.225. The first-order valence-corrected chi connectivity index (χ1v) is 4.78. The van der Waals surface area contributed by atoms with E-state index in [2.05, 4.69) is 13.8 Å². The van der Waals surface area contributed by atoms with Crippen molar-refractivity contribution in [3.8, 4) is 0 Å². The van der Waals surface area contributed by atoms with Gasteiger partial charge in [-0.25, -0.2) is 4.39 Å². The lowest BCUT2D eigenvalue weighted by Gasteiger charge is -2.26. The van der Waals surface area contributed by atoms with Gasteiger partial charge in [-0.1, -0.05) is 6.07 Å². The van der Waals surface area contributed by atoms with Gasteiger partial charge < -0.3 is 10.6 Å². The molecule has 0 heterocycles. The zero-order valence-electron chi connectivity index (χ0n) is 8.92. The summed E-state index contributed by atoms with van der Waals surface area (Å²) in [7, 11) is 1.94. The van der Waals surface area contributed by atoms with Gasteiger partial charge in [0, 0.05) is 30.9 Å². The Kier molecular flexibility index (Phi) is 3.47. The van der Waals surface area contributed by atoms with E-state index in [1.165, 1.54) is 6.07 Å². The maximum Gasteiger partial charge on any atom is 0.129 e. The molecule has 3 heteroatoms. The molecule has 0 aliphatic heterocycles. The average molecular weight is 196 g/mol. The predicted molar refractivity (Wildman–Crippen MR) is 57.8 cm³/mol. The van der Waals surface area contributed by atoms with Gasteiger partial charge in [0.1, 0.15) is 5.82 Å². The zero-order chi connectivity index (χ0) is 10.7. The molecule has 0 unspecified atom stereocenters. The molecule has 14 heavy (non-hydrogen) atoms. The van der Waals surface area contributed by atoms with E-state index in [1.54, 1.807) is 6.07 Å². The molecule has 0 atom stereocenters. The molecular formula is C11H17FN2. The van der Waals surface area contributed by atoms with Crippen molar-refractivity contribution < 1.29 is 4.39 Å². The van der Waals surface area contributed by atoms with Crippen LogP contribution in [-0.2, 0) is 6.54 Å². The summed E-state index contributed by atoms with van der Waals surface area (Å²) in [5, 5.41) is 0. The van der Waals surface area contributed by atoms with E-state index in [9.17, 15) is 4.39 Å². The van der Waals surface area contributed by atoms with Crippen LogP contribution in [0.1, 0.15) is 19.4 Å². The van der Waals surface area contributed by atoms with Crippen LogP contribution in [0.3, 0.4) is 0 Å². The second kappa shape index (κ2) is 4.42. The molecule has 0 amide bonds. The molecule has 1 rings (SSSR count). The fraction of sp³-hybridized carbons (Fsp3) is 0.455. The summed E-state index contributed by atoms with van der Waals surface area (Å²) in [4.78, 5) is 2.02. The Hall–Kier alpha value is -1.09. The normalized spacial score (nSPS) is 10.7. The highest BCUT2D eigenvalue weighted by Crippen LogP contribution is 2.23. The number of nitrogens with zero attached hydrogens (tertiary/aromatic N) is 1. The van der Waals surface area contributed by atoms with Crippen LogP contribution in [0.5, 0.6) is 0 Å². The van der Waals surface area contributed by atoms with Crippen LogP contribution in [0.2, 0.25) is 0 Å². The third kappa shape index (κ3) is 2.04. The lowest BCUT2D eigenvalue weighted by Crippen LogP contribution is -2.27. The fourth-order valence-electron chi connectivity index (χ4n) is 1.36. The summed E-state index contributed by atoms with van der Waals surface area (Å²) < 4.78 is 13.4. The Balaban J connectivity index is 3.13. The highest BCUT2D eigenvalue weighted by Gasteiger charge is 2.12. The maximum absolute atomic E-state index is 13.4. The highest BCUT2D eigenvalue weighted by molar-refractivity contribution is 5.54. The fourth-order valence-corrected chi connectivity index (χ4v) is 1.36. The number of nitrogens with two attached hydrogens (primary N) is 1. The quantitative estimate of drug-likeness (QED) is 0.802. The molecule has 0 bridgehead atoms. The topological polar surface area (TPSA) is 29.3 Å². The summed E-state index contributed by atoms with van der Waals surface area (Å²) in [5.41, 5.74) is 6.99. The van der Waals surface area contributed by atoms with E-state index in [4.69, 9.17) is 5.73 Å². The SMILES string of the molecule is CC(C)N(C)c1cccc(F)c1CN. The number of halogens is 1. The Morgan fingerprint density at radius 3 is 2.57 bits per heavy atom. The van der Waals surface area contributed by atoms with Crippen LogP contribution < -0.4 is 10.6 Å². The molecule has 78 valence electrons. The Bertz CT molecular complexity index is 310. The zero-order valence-corrected chi connectivity index (χ0v) is 8.92. The van der Waals surface area contributed by atoms with E-state index < -0.39 is 0 Å². The number of anilines is 1. The highest BCUT2D eigenvalue weighted by atomic mass is 19.1. The van der Waals surface area contributed by atoms with Gasteiger partial charge in [0.2, 0.25) is 0 Å². The average Bonchev–Trinajstić information content (AvgIpc) is 2.16. The van der Waals surface area contributed by atoms with Gasteiger partial charge in [0.15, 0.2) is 0 Å². The van der Waals surface area contributed by atoms with Crippen LogP contribution >= 0.6 is 0 Å². The number of hydrogen-bond donors (Lipinski definition) is 1. The minimum absolute atomic E-state index is 0.225. The predicted octanol–water partition coefficient (Wildman–Crippen LogP) is 2.13. The summed E-state index contributed by atoms with van der Waals surface area (Å²) in [6.07, 6.45) is 0. The monoisotopic (exact) mass is 196 g/mol. The van der Waals surface area contributed by atoms with Gasteiger partial charge in [-0.05, 0) is 26.0 Å². The van der Waals surface area contributed by atoms with Gasteiger partial charge in [-0.3, -0.25) is 0 Å². The second-order valence-electron chi connectivity index (χ2n) is 3.65. The summed E-state index contributed by atoms with van der Waals surface area (Å²) in [6, 6.07) is 5.38. The third-order valence-corrected chi connectivity index (χ3v) is 2.45. The summed E-state index contributed by atoms with van der Waals surface area (Å²) in [6.45, 7) is 4.36. The molecule has 0 fully saturated rings. The molecule has 1 aromatic carbocycles. The standard InChI is InChI=1S/C11H17FN2/c1-8(2)14(3)11-6-4-5-10(12)9(11)7-13/h4-6,8H,7,13H2,1-3H3. The van der Waals surface area contributed by atoms with Crippen molar-refractivity contribution in [2.75, 3.05) is 11.9 Å². The second-order valence-corrected chi connectivity index (χ2v) is 3.65. The van der Waals surface area contributed by atoms with E-state index >= 15 is 0 Å². The maximum atomic E-state index is 13.4. The molecule has 0 aliphatic rings. The Morgan fingerprint density at radius 1 is 1.43 bits per heavy atom. The first-order chi connectivity index (χ1) is 6.57. The lowest BCUT2D eigenvalue weighted by atomic mass is 10.1. The van der Waals surface area contributed by atoms with Crippen molar-refractivity contribution in [1.82, 2.24) is 0 Å². The van der Waals surface area contributed by atoms with Crippen molar-refractivity contribution in [3.05, 3.63) is 29.6 Å². The van der Waals surface area contributed by atoms with Crippen molar-refractivity contribution >= 4 is 5.69 Å². The molecular weight excluding hydrogens is 179 g/mol. The van der Waals surface area contributed by atoms with Crippen molar-refractivity contribution in [2.24, 2.45) is 5.73 Å². The van der Waals surface area contributed by atoms with Crippen LogP contribution in [0.25, 0.3) is 0 Å². The first-order valence-electron chi connectivity index (χ1n) is 4.78. The van der Waals surface area contributed by atoms with Crippen molar-refractivity contribution in [2.45, 2.75) is 26.4 Å². The molecule has 2 nitrogen and oxygen atoms in total. The van der Waals surface area contributed by atoms with Crippen LogP contribution in [0, 0.1) is 5.82 Å². The van der Waals surface area contributed by atoms with E-state index in [-0.39, 0.29) is 12.4 Å². The number of benzene rings is 1. The largest absolute Gasteiger partial charge is 0.372 e. The van der Waals surface area contributed by atoms with Gasteiger partial charge >= 0.3 is 0 Å². The molecule has 0 aromatic heterocycles. The molecule has 0 saturated carbocycles. The minimum Gasteiger partial charge on any atom is -0.372 e. The minimum atomic E-state index is -0.225.